The number of carbonyl (C=O) groups excluding carboxylic acids is 1. The summed E-state index contributed by atoms with van der Waals surface area (Å²) in [6.45, 7) is 0.756. The van der Waals surface area contributed by atoms with Gasteiger partial charge in [-0.05, 0) is 24.1 Å². The van der Waals surface area contributed by atoms with E-state index in [9.17, 15) is 4.79 Å². The number of rotatable bonds is 4. The van der Waals surface area contributed by atoms with Crippen molar-refractivity contribution >= 4 is 5.78 Å². The maximum atomic E-state index is 11.0. The van der Waals surface area contributed by atoms with E-state index in [4.69, 9.17) is 14.6 Å². The molecule has 1 aliphatic rings. The molecule has 1 N–H and O–H groups in total. The molecule has 0 amide bonds. The molecule has 0 fully saturated rings. The topological polar surface area (TPSA) is 55.8 Å². The van der Waals surface area contributed by atoms with Crippen LogP contribution in [-0.4, -0.2) is 30.7 Å². The fourth-order valence-electron chi connectivity index (χ4n) is 1.61. The molecule has 0 aliphatic carbocycles. The van der Waals surface area contributed by atoms with Crippen molar-refractivity contribution in [1.82, 2.24) is 0 Å². The summed E-state index contributed by atoms with van der Waals surface area (Å²) in [6, 6.07) is 5.66. The maximum Gasteiger partial charge on any atom is 0.161 e. The summed E-state index contributed by atoms with van der Waals surface area (Å²) in [5.74, 6) is 1.35. The van der Waals surface area contributed by atoms with Gasteiger partial charge in [-0.2, -0.15) is 0 Å². The second-order valence-corrected chi connectivity index (χ2v) is 3.67. The molecular formula is C12H14O4. The van der Waals surface area contributed by atoms with Crippen LogP contribution in [0.25, 0.3) is 0 Å². The van der Waals surface area contributed by atoms with Gasteiger partial charge in [0, 0.05) is 6.42 Å². The van der Waals surface area contributed by atoms with E-state index in [1.54, 1.807) is 0 Å². The molecule has 0 atom stereocenters. The average molecular weight is 222 g/mol. The minimum atomic E-state index is -0.384. The highest BCUT2D eigenvalue weighted by Gasteiger charge is 2.11. The monoisotopic (exact) mass is 222 g/mol. The predicted molar refractivity (Wildman–Crippen MR) is 57.8 cm³/mol. The SMILES string of the molecule is O=C(CO)CCc1ccc2c(c1)OCCO2. The molecule has 0 saturated carbocycles. The van der Waals surface area contributed by atoms with Crippen LogP contribution in [0.15, 0.2) is 18.2 Å². The standard InChI is InChI=1S/C12H14O4/c13-8-10(14)3-1-9-2-4-11-12(7-9)16-6-5-15-11/h2,4,7,13H,1,3,5-6,8H2. The third-order valence-electron chi connectivity index (χ3n) is 2.48. The lowest BCUT2D eigenvalue weighted by atomic mass is 10.1. The molecule has 2 rings (SSSR count). The van der Waals surface area contributed by atoms with Gasteiger partial charge in [0.05, 0.1) is 0 Å². The van der Waals surface area contributed by atoms with E-state index in [1.165, 1.54) is 0 Å². The summed E-state index contributed by atoms with van der Waals surface area (Å²) in [5.41, 5.74) is 1.02. The minimum Gasteiger partial charge on any atom is -0.486 e. The number of ether oxygens (including phenoxy) is 2. The molecule has 1 heterocycles. The summed E-state index contributed by atoms with van der Waals surface area (Å²) in [4.78, 5) is 11.0. The summed E-state index contributed by atoms with van der Waals surface area (Å²) in [6.07, 6.45) is 0.978. The van der Waals surface area contributed by atoms with Crippen molar-refractivity contribution in [1.29, 1.82) is 0 Å². The number of hydrogen-bond donors (Lipinski definition) is 1. The van der Waals surface area contributed by atoms with Gasteiger partial charge >= 0.3 is 0 Å². The van der Waals surface area contributed by atoms with Crippen molar-refractivity contribution in [2.45, 2.75) is 12.8 Å². The molecule has 4 nitrogen and oxygen atoms in total. The number of aliphatic hydroxyl groups excluding tert-OH is 1. The molecule has 0 unspecified atom stereocenters. The van der Waals surface area contributed by atoms with Crippen molar-refractivity contribution in [3.63, 3.8) is 0 Å². The molecule has 4 heteroatoms. The highest BCUT2D eigenvalue weighted by atomic mass is 16.6. The third-order valence-corrected chi connectivity index (χ3v) is 2.48. The van der Waals surface area contributed by atoms with Crippen LogP contribution in [0.4, 0.5) is 0 Å². The summed E-state index contributed by atoms with van der Waals surface area (Å²) >= 11 is 0. The molecule has 1 aromatic carbocycles. The lowest BCUT2D eigenvalue weighted by Gasteiger charge is -2.18. The van der Waals surface area contributed by atoms with Gasteiger partial charge in [0.15, 0.2) is 17.3 Å². The number of aryl methyl sites for hydroxylation is 1. The van der Waals surface area contributed by atoms with Crippen LogP contribution in [-0.2, 0) is 11.2 Å². The molecule has 0 aromatic heterocycles. The number of fused-ring (bicyclic) bond motifs is 1. The zero-order valence-corrected chi connectivity index (χ0v) is 8.94. The van der Waals surface area contributed by atoms with Crippen molar-refractivity contribution in [3.05, 3.63) is 23.8 Å². The van der Waals surface area contributed by atoms with Crippen LogP contribution in [0.5, 0.6) is 11.5 Å². The van der Waals surface area contributed by atoms with Gasteiger partial charge in [0.1, 0.15) is 19.8 Å². The Morgan fingerprint density at radius 3 is 2.75 bits per heavy atom. The van der Waals surface area contributed by atoms with Gasteiger partial charge < -0.3 is 14.6 Å². The summed E-state index contributed by atoms with van der Waals surface area (Å²) in [5, 5.41) is 8.61. The molecule has 1 aromatic rings. The van der Waals surface area contributed by atoms with E-state index in [2.05, 4.69) is 0 Å². The highest BCUT2D eigenvalue weighted by molar-refractivity contribution is 5.79. The second kappa shape index (κ2) is 4.99. The lowest BCUT2D eigenvalue weighted by molar-refractivity contribution is -0.121. The van der Waals surface area contributed by atoms with Crippen molar-refractivity contribution in [2.24, 2.45) is 0 Å². The smallest absolute Gasteiger partial charge is 0.161 e. The number of hydrogen-bond acceptors (Lipinski definition) is 4. The average Bonchev–Trinajstić information content (AvgIpc) is 2.35. The quantitative estimate of drug-likeness (QED) is 0.824. The van der Waals surface area contributed by atoms with Gasteiger partial charge in [-0.15, -0.1) is 0 Å². The predicted octanol–water partition coefficient (Wildman–Crippen LogP) is 0.952. The van der Waals surface area contributed by atoms with Crippen LogP contribution in [0.1, 0.15) is 12.0 Å². The van der Waals surface area contributed by atoms with Crippen LogP contribution in [0.3, 0.4) is 0 Å². The Bertz CT molecular complexity index is 387. The summed E-state index contributed by atoms with van der Waals surface area (Å²) < 4.78 is 10.8. The number of ketones is 1. The molecule has 86 valence electrons. The number of carbonyl (C=O) groups is 1. The first-order valence-corrected chi connectivity index (χ1v) is 5.30. The Hall–Kier alpha value is -1.55. The molecule has 0 saturated heterocycles. The second-order valence-electron chi connectivity index (χ2n) is 3.67. The van der Waals surface area contributed by atoms with E-state index >= 15 is 0 Å². The first kappa shape index (κ1) is 11.0. The van der Waals surface area contributed by atoms with Crippen molar-refractivity contribution in [3.8, 4) is 11.5 Å². The Kier molecular flexibility index (Phi) is 3.41. The highest BCUT2D eigenvalue weighted by Crippen LogP contribution is 2.30. The maximum absolute atomic E-state index is 11.0. The first-order chi connectivity index (χ1) is 7.79. The van der Waals surface area contributed by atoms with Gasteiger partial charge in [0.25, 0.3) is 0 Å². The van der Waals surface area contributed by atoms with Crippen LogP contribution in [0.2, 0.25) is 0 Å². The van der Waals surface area contributed by atoms with Gasteiger partial charge in [-0.3, -0.25) is 4.79 Å². The minimum absolute atomic E-state index is 0.144. The molecule has 0 bridgehead atoms. The number of Topliss-reactive ketones (excluding diaryl/α,β-unsaturated/α-hetero) is 1. The van der Waals surface area contributed by atoms with Gasteiger partial charge in [-0.1, -0.05) is 6.07 Å². The first-order valence-electron chi connectivity index (χ1n) is 5.30. The molecule has 0 spiro atoms. The van der Waals surface area contributed by atoms with Crippen molar-refractivity contribution < 1.29 is 19.4 Å². The molecular weight excluding hydrogens is 208 g/mol. The molecule has 0 radical (unpaired) electrons. The largest absolute Gasteiger partial charge is 0.486 e. The van der Waals surface area contributed by atoms with Crippen LogP contribution in [0, 0.1) is 0 Å². The van der Waals surface area contributed by atoms with E-state index in [1.807, 2.05) is 18.2 Å². The van der Waals surface area contributed by atoms with Gasteiger partial charge in [-0.25, -0.2) is 0 Å². The van der Waals surface area contributed by atoms with Crippen LogP contribution < -0.4 is 9.47 Å². The zero-order valence-electron chi connectivity index (χ0n) is 8.94. The molecule has 1 aliphatic heterocycles. The zero-order chi connectivity index (χ0) is 11.4. The Balaban J connectivity index is 2.03. The number of benzene rings is 1. The fraction of sp³-hybridized carbons (Fsp3) is 0.417. The van der Waals surface area contributed by atoms with Crippen molar-refractivity contribution in [2.75, 3.05) is 19.8 Å². The summed E-state index contributed by atoms with van der Waals surface area (Å²) in [7, 11) is 0. The van der Waals surface area contributed by atoms with E-state index in [0.717, 1.165) is 17.1 Å². The van der Waals surface area contributed by atoms with Gasteiger partial charge in [0.2, 0.25) is 0 Å². The Morgan fingerprint density at radius 2 is 2.00 bits per heavy atom. The molecule has 16 heavy (non-hydrogen) atoms. The third kappa shape index (κ3) is 2.52. The number of aliphatic hydroxyl groups is 1. The van der Waals surface area contributed by atoms with Crippen LogP contribution >= 0.6 is 0 Å². The van der Waals surface area contributed by atoms with E-state index < -0.39 is 0 Å². The normalized spacial score (nSPS) is 13.6. The van der Waals surface area contributed by atoms with E-state index in [0.29, 0.717) is 26.1 Å². The Morgan fingerprint density at radius 1 is 1.25 bits per heavy atom. The Labute approximate surface area is 93.8 Å². The van der Waals surface area contributed by atoms with E-state index in [-0.39, 0.29) is 12.4 Å². The lowest BCUT2D eigenvalue weighted by Crippen LogP contribution is -2.15. The fourth-order valence-corrected chi connectivity index (χ4v) is 1.61.